The molecule has 1 aromatic carbocycles. The van der Waals surface area contributed by atoms with Crippen LogP contribution in [0.5, 0.6) is 0 Å². The molecule has 0 radical (unpaired) electrons. The van der Waals surface area contributed by atoms with Gasteiger partial charge in [0.1, 0.15) is 6.61 Å². The van der Waals surface area contributed by atoms with Crippen molar-refractivity contribution < 1.29 is 18.3 Å². The van der Waals surface area contributed by atoms with Crippen LogP contribution < -0.4 is 5.32 Å². The summed E-state index contributed by atoms with van der Waals surface area (Å²) in [6.07, 6.45) is 0. The topological polar surface area (TPSA) is 38.3 Å². The van der Waals surface area contributed by atoms with E-state index in [1.807, 2.05) is 0 Å². The Labute approximate surface area is 92.4 Å². The zero-order valence-electron chi connectivity index (χ0n) is 9.09. The maximum atomic E-state index is 12.9. The molecular weight excluding hydrogens is 216 g/mol. The molecule has 0 unspecified atom stereocenters. The van der Waals surface area contributed by atoms with E-state index < -0.39 is 17.7 Å². The van der Waals surface area contributed by atoms with E-state index >= 15 is 0 Å². The molecule has 5 heteroatoms. The highest BCUT2D eigenvalue weighted by Crippen LogP contribution is 2.15. The molecule has 0 heterocycles. The maximum absolute atomic E-state index is 12.9. The van der Waals surface area contributed by atoms with Crippen molar-refractivity contribution in [3.63, 3.8) is 0 Å². The third-order valence-electron chi connectivity index (χ3n) is 2.10. The second kappa shape index (κ2) is 5.55. The third-order valence-corrected chi connectivity index (χ3v) is 2.10. The van der Waals surface area contributed by atoms with Gasteiger partial charge in [-0.3, -0.25) is 4.79 Å². The summed E-state index contributed by atoms with van der Waals surface area (Å²) in [5, 5.41) is 2.59. The maximum Gasteiger partial charge on any atom is 0.246 e. The molecule has 0 saturated carbocycles. The van der Waals surface area contributed by atoms with Gasteiger partial charge in [0.2, 0.25) is 5.91 Å². The minimum atomic E-state index is -0.926. The molecule has 1 atom stereocenters. The van der Waals surface area contributed by atoms with Gasteiger partial charge in [0.05, 0.1) is 6.04 Å². The van der Waals surface area contributed by atoms with Gasteiger partial charge in [0.25, 0.3) is 0 Å². The van der Waals surface area contributed by atoms with Crippen LogP contribution in [0.3, 0.4) is 0 Å². The molecule has 0 aliphatic heterocycles. The fraction of sp³-hybridized carbons (Fsp3) is 0.364. The number of nitrogens with one attached hydrogen (secondary N) is 1. The van der Waals surface area contributed by atoms with Crippen LogP contribution in [0.2, 0.25) is 0 Å². The van der Waals surface area contributed by atoms with Gasteiger partial charge in [-0.1, -0.05) is 6.07 Å². The number of carbonyl (C=O) groups is 1. The van der Waals surface area contributed by atoms with Crippen LogP contribution in [0.15, 0.2) is 18.2 Å². The average Bonchev–Trinajstić information content (AvgIpc) is 2.22. The standard InChI is InChI=1S/C11H13F2NO2/c1-7(14-11(15)6-16-2)8-3-4-9(12)10(13)5-8/h3-5,7H,6H2,1-2H3,(H,14,15)/t7-/m0/s1. The Morgan fingerprint density at radius 3 is 2.69 bits per heavy atom. The zero-order valence-corrected chi connectivity index (χ0v) is 9.09. The first-order valence-corrected chi connectivity index (χ1v) is 4.78. The van der Waals surface area contributed by atoms with E-state index in [0.717, 1.165) is 12.1 Å². The van der Waals surface area contributed by atoms with Crippen molar-refractivity contribution in [3.05, 3.63) is 35.4 Å². The number of hydrogen-bond acceptors (Lipinski definition) is 2. The summed E-state index contributed by atoms with van der Waals surface area (Å²) < 4.78 is 30.2. The van der Waals surface area contributed by atoms with Gasteiger partial charge >= 0.3 is 0 Å². The SMILES string of the molecule is COCC(=O)N[C@@H](C)c1ccc(F)c(F)c1. The Balaban J connectivity index is 2.69. The number of amides is 1. The molecule has 88 valence electrons. The minimum Gasteiger partial charge on any atom is -0.375 e. The predicted octanol–water partition coefficient (Wildman–Crippen LogP) is 1.79. The van der Waals surface area contributed by atoms with Crippen LogP contribution in [0.1, 0.15) is 18.5 Å². The van der Waals surface area contributed by atoms with Gasteiger partial charge in [-0.2, -0.15) is 0 Å². The summed E-state index contributed by atoms with van der Waals surface area (Å²) in [6.45, 7) is 1.62. The van der Waals surface area contributed by atoms with Crippen LogP contribution in [0.25, 0.3) is 0 Å². The first-order chi connectivity index (χ1) is 7.54. The van der Waals surface area contributed by atoms with Gasteiger partial charge in [-0.05, 0) is 24.6 Å². The van der Waals surface area contributed by atoms with Crippen molar-refractivity contribution >= 4 is 5.91 Å². The predicted molar refractivity (Wildman–Crippen MR) is 54.8 cm³/mol. The molecule has 16 heavy (non-hydrogen) atoms. The largest absolute Gasteiger partial charge is 0.375 e. The molecule has 0 aliphatic rings. The molecule has 0 bridgehead atoms. The average molecular weight is 229 g/mol. The van der Waals surface area contributed by atoms with Gasteiger partial charge in [0, 0.05) is 7.11 Å². The summed E-state index contributed by atoms with van der Waals surface area (Å²) in [4.78, 5) is 11.2. The number of rotatable bonds is 4. The fourth-order valence-electron chi connectivity index (χ4n) is 1.28. The molecule has 1 aromatic rings. The van der Waals surface area contributed by atoms with Crippen molar-refractivity contribution in [3.8, 4) is 0 Å². The lowest BCUT2D eigenvalue weighted by molar-refractivity contribution is -0.125. The summed E-state index contributed by atoms with van der Waals surface area (Å²) in [5.74, 6) is -2.13. The molecule has 0 aromatic heterocycles. The van der Waals surface area contributed by atoms with E-state index in [0.29, 0.717) is 5.56 Å². The van der Waals surface area contributed by atoms with Crippen molar-refractivity contribution in [2.75, 3.05) is 13.7 Å². The Morgan fingerprint density at radius 1 is 1.44 bits per heavy atom. The highest BCUT2D eigenvalue weighted by molar-refractivity contribution is 5.77. The summed E-state index contributed by atoms with van der Waals surface area (Å²) in [7, 11) is 1.40. The summed E-state index contributed by atoms with van der Waals surface area (Å²) >= 11 is 0. The monoisotopic (exact) mass is 229 g/mol. The lowest BCUT2D eigenvalue weighted by Gasteiger charge is -2.14. The molecule has 0 saturated heterocycles. The Hall–Kier alpha value is -1.49. The first kappa shape index (κ1) is 12.6. The van der Waals surface area contributed by atoms with E-state index in [-0.39, 0.29) is 12.5 Å². The van der Waals surface area contributed by atoms with E-state index in [2.05, 4.69) is 10.1 Å². The normalized spacial score (nSPS) is 12.2. The number of carbonyl (C=O) groups excluding carboxylic acids is 1. The van der Waals surface area contributed by atoms with Crippen LogP contribution in [0.4, 0.5) is 8.78 Å². The zero-order chi connectivity index (χ0) is 12.1. The summed E-state index contributed by atoms with van der Waals surface area (Å²) in [6, 6.07) is 3.13. The van der Waals surface area contributed by atoms with Crippen LogP contribution in [-0.2, 0) is 9.53 Å². The van der Waals surface area contributed by atoms with Gasteiger partial charge in [-0.15, -0.1) is 0 Å². The van der Waals surface area contributed by atoms with Crippen molar-refractivity contribution in [2.45, 2.75) is 13.0 Å². The van der Waals surface area contributed by atoms with E-state index in [4.69, 9.17) is 0 Å². The molecule has 1 rings (SSSR count). The molecule has 0 spiro atoms. The number of ether oxygens (including phenoxy) is 1. The molecule has 1 N–H and O–H groups in total. The molecule has 0 fully saturated rings. The molecule has 1 amide bonds. The van der Waals surface area contributed by atoms with E-state index in [1.54, 1.807) is 6.92 Å². The lowest BCUT2D eigenvalue weighted by atomic mass is 10.1. The Morgan fingerprint density at radius 2 is 2.12 bits per heavy atom. The molecule has 0 aliphatic carbocycles. The van der Waals surface area contributed by atoms with Crippen molar-refractivity contribution in [2.24, 2.45) is 0 Å². The van der Waals surface area contributed by atoms with Crippen molar-refractivity contribution in [1.29, 1.82) is 0 Å². The van der Waals surface area contributed by atoms with Gasteiger partial charge in [0.15, 0.2) is 11.6 Å². The first-order valence-electron chi connectivity index (χ1n) is 4.78. The second-order valence-electron chi connectivity index (χ2n) is 3.40. The number of methoxy groups -OCH3 is 1. The number of benzene rings is 1. The molecule has 3 nitrogen and oxygen atoms in total. The lowest BCUT2D eigenvalue weighted by Crippen LogP contribution is -2.29. The second-order valence-corrected chi connectivity index (χ2v) is 3.40. The highest BCUT2D eigenvalue weighted by Gasteiger charge is 2.11. The van der Waals surface area contributed by atoms with E-state index in [9.17, 15) is 13.6 Å². The quantitative estimate of drug-likeness (QED) is 0.854. The fourth-order valence-corrected chi connectivity index (χ4v) is 1.28. The Bertz CT molecular complexity index is 382. The molecular formula is C11H13F2NO2. The third kappa shape index (κ3) is 3.27. The minimum absolute atomic E-state index is 0.0615. The van der Waals surface area contributed by atoms with E-state index in [1.165, 1.54) is 13.2 Å². The van der Waals surface area contributed by atoms with Gasteiger partial charge < -0.3 is 10.1 Å². The van der Waals surface area contributed by atoms with Gasteiger partial charge in [-0.25, -0.2) is 8.78 Å². The number of hydrogen-bond donors (Lipinski definition) is 1. The van der Waals surface area contributed by atoms with Crippen LogP contribution >= 0.6 is 0 Å². The van der Waals surface area contributed by atoms with Crippen LogP contribution in [-0.4, -0.2) is 19.6 Å². The van der Waals surface area contributed by atoms with Crippen molar-refractivity contribution in [1.82, 2.24) is 5.32 Å². The highest BCUT2D eigenvalue weighted by atomic mass is 19.2. The number of halogens is 2. The van der Waals surface area contributed by atoms with Crippen LogP contribution in [0, 0.1) is 11.6 Å². The summed E-state index contributed by atoms with van der Waals surface area (Å²) in [5.41, 5.74) is 0.503. The Kier molecular flexibility index (Phi) is 4.37. The smallest absolute Gasteiger partial charge is 0.246 e.